The Bertz CT molecular complexity index is 1530. The van der Waals surface area contributed by atoms with E-state index in [0.29, 0.717) is 33.8 Å². The van der Waals surface area contributed by atoms with Gasteiger partial charge in [-0.3, -0.25) is 14.5 Å². The van der Waals surface area contributed by atoms with Crippen molar-refractivity contribution in [1.29, 1.82) is 0 Å². The summed E-state index contributed by atoms with van der Waals surface area (Å²) in [6.07, 6.45) is 4.80. The first-order valence-corrected chi connectivity index (χ1v) is 13.5. The molecule has 214 valence electrons. The number of phenols is 2. The number of carbonyl (C=O) groups excluding carboxylic acids is 2. The summed E-state index contributed by atoms with van der Waals surface area (Å²) in [5, 5.41) is 31.9. The van der Waals surface area contributed by atoms with Gasteiger partial charge in [0.05, 0.1) is 25.4 Å². The van der Waals surface area contributed by atoms with E-state index in [0.717, 1.165) is 32.1 Å². The molecule has 1 saturated carbocycles. The summed E-state index contributed by atoms with van der Waals surface area (Å²) in [7, 11) is 3.00. The van der Waals surface area contributed by atoms with Gasteiger partial charge in [0.1, 0.15) is 29.6 Å². The van der Waals surface area contributed by atoms with Gasteiger partial charge in [0.15, 0.2) is 11.5 Å². The molecule has 1 atom stereocenters. The van der Waals surface area contributed by atoms with Crippen LogP contribution in [-0.2, 0) is 16.1 Å². The van der Waals surface area contributed by atoms with Crippen molar-refractivity contribution in [2.75, 3.05) is 19.1 Å². The van der Waals surface area contributed by atoms with Gasteiger partial charge in [-0.1, -0.05) is 42.7 Å². The number of benzene rings is 3. The van der Waals surface area contributed by atoms with Crippen LogP contribution < -0.4 is 19.7 Å². The van der Waals surface area contributed by atoms with Crippen LogP contribution in [0.2, 0.25) is 0 Å². The third-order valence-electron chi connectivity index (χ3n) is 7.36. The van der Waals surface area contributed by atoms with E-state index in [1.165, 1.54) is 42.0 Å². The number of nitrogens with zero attached hydrogens (tertiary/aromatic N) is 4. The molecule has 1 heterocycles. The predicted molar refractivity (Wildman–Crippen MR) is 152 cm³/mol. The molecule has 3 aromatic carbocycles. The highest BCUT2D eigenvalue weighted by molar-refractivity contribution is 6.02. The number of rotatable bonds is 9. The molecule has 1 aliphatic carbocycles. The summed E-state index contributed by atoms with van der Waals surface area (Å²) >= 11 is 0. The maximum absolute atomic E-state index is 14.3. The van der Waals surface area contributed by atoms with Gasteiger partial charge in [0.2, 0.25) is 11.8 Å². The zero-order chi connectivity index (χ0) is 28.9. The fourth-order valence-corrected chi connectivity index (χ4v) is 5.26. The van der Waals surface area contributed by atoms with Gasteiger partial charge in [0, 0.05) is 24.2 Å². The molecule has 2 amide bonds. The van der Waals surface area contributed by atoms with Crippen molar-refractivity contribution < 1.29 is 29.3 Å². The maximum atomic E-state index is 14.3. The number of ether oxygens (including phenoxy) is 2. The molecule has 11 heteroatoms. The molecule has 1 aliphatic rings. The molecule has 0 spiro atoms. The molecule has 41 heavy (non-hydrogen) atoms. The third kappa shape index (κ3) is 6.03. The van der Waals surface area contributed by atoms with Crippen molar-refractivity contribution >= 4 is 28.5 Å². The average Bonchev–Trinajstić information content (AvgIpc) is 3.39. The zero-order valence-corrected chi connectivity index (χ0v) is 23.0. The second kappa shape index (κ2) is 12.2. The second-order valence-corrected chi connectivity index (χ2v) is 10.1. The van der Waals surface area contributed by atoms with E-state index in [1.807, 2.05) is 18.2 Å². The van der Waals surface area contributed by atoms with Crippen molar-refractivity contribution in [3.8, 4) is 23.0 Å². The Kier molecular flexibility index (Phi) is 8.23. The number of anilines is 1. The van der Waals surface area contributed by atoms with E-state index in [1.54, 1.807) is 24.3 Å². The van der Waals surface area contributed by atoms with Gasteiger partial charge < -0.3 is 25.0 Å². The minimum Gasteiger partial charge on any atom is -0.504 e. The highest BCUT2D eigenvalue weighted by Crippen LogP contribution is 2.37. The van der Waals surface area contributed by atoms with Crippen molar-refractivity contribution in [1.82, 2.24) is 20.3 Å². The molecule has 0 unspecified atom stereocenters. The van der Waals surface area contributed by atoms with Crippen LogP contribution in [0, 0.1) is 0 Å². The van der Waals surface area contributed by atoms with Gasteiger partial charge in [0.25, 0.3) is 0 Å². The van der Waals surface area contributed by atoms with Crippen LogP contribution in [-0.4, -0.2) is 57.3 Å². The van der Waals surface area contributed by atoms with Crippen LogP contribution in [0.1, 0.15) is 43.7 Å². The molecular formula is C30H33N5O6. The van der Waals surface area contributed by atoms with Crippen LogP contribution in [0.5, 0.6) is 23.0 Å². The van der Waals surface area contributed by atoms with E-state index >= 15 is 0 Å². The highest BCUT2D eigenvalue weighted by Gasteiger charge is 2.35. The molecule has 11 nitrogen and oxygen atoms in total. The molecule has 1 fully saturated rings. The molecule has 0 aliphatic heterocycles. The Balaban J connectivity index is 1.63. The number of hydrogen-bond acceptors (Lipinski definition) is 8. The lowest BCUT2D eigenvalue weighted by molar-refractivity contribution is -0.127. The summed E-state index contributed by atoms with van der Waals surface area (Å²) in [6, 6.07) is 15.1. The fourth-order valence-electron chi connectivity index (χ4n) is 5.26. The SMILES string of the molecule is COc1cc(OC)cc(N(C(=O)Cn2nnc3ccccc32)[C@H](C(=O)NC2CCCCC2)c2ccc(O)c(O)c2)c1. The molecule has 0 bridgehead atoms. The second-order valence-electron chi connectivity index (χ2n) is 10.1. The molecule has 0 saturated heterocycles. The largest absolute Gasteiger partial charge is 0.504 e. The predicted octanol–water partition coefficient (Wildman–Crippen LogP) is 4.08. The molecule has 0 radical (unpaired) electrons. The number of hydrogen-bond donors (Lipinski definition) is 3. The van der Waals surface area contributed by atoms with Crippen LogP contribution in [0.4, 0.5) is 5.69 Å². The molecule has 4 aromatic rings. The summed E-state index contributed by atoms with van der Waals surface area (Å²) in [6.45, 7) is -0.225. The smallest absolute Gasteiger partial charge is 0.249 e. The van der Waals surface area contributed by atoms with E-state index in [9.17, 15) is 19.8 Å². The Morgan fingerprint density at radius 3 is 2.37 bits per heavy atom. The minimum atomic E-state index is -1.21. The zero-order valence-electron chi connectivity index (χ0n) is 23.0. The molecule has 1 aromatic heterocycles. The van der Waals surface area contributed by atoms with Crippen molar-refractivity contribution in [2.45, 2.75) is 50.7 Å². The Morgan fingerprint density at radius 2 is 1.68 bits per heavy atom. The van der Waals surface area contributed by atoms with Gasteiger partial charge in [-0.15, -0.1) is 5.10 Å². The average molecular weight is 560 g/mol. The summed E-state index contributed by atoms with van der Waals surface area (Å²) in [5.41, 5.74) is 1.94. The van der Waals surface area contributed by atoms with Crippen LogP contribution in [0.25, 0.3) is 11.0 Å². The highest BCUT2D eigenvalue weighted by atomic mass is 16.5. The maximum Gasteiger partial charge on any atom is 0.249 e. The number of nitrogens with one attached hydrogen (secondary N) is 1. The van der Waals surface area contributed by atoms with Crippen LogP contribution in [0.15, 0.2) is 60.7 Å². The quantitative estimate of drug-likeness (QED) is 0.261. The first-order chi connectivity index (χ1) is 19.9. The molecule has 3 N–H and O–H groups in total. The number of amides is 2. The first-order valence-electron chi connectivity index (χ1n) is 13.5. The van der Waals surface area contributed by atoms with Crippen LogP contribution in [0.3, 0.4) is 0 Å². The fraction of sp³-hybridized carbons (Fsp3) is 0.333. The lowest BCUT2D eigenvalue weighted by Crippen LogP contribution is -2.48. The summed E-state index contributed by atoms with van der Waals surface area (Å²) < 4.78 is 12.4. The summed E-state index contributed by atoms with van der Waals surface area (Å²) in [5.74, 6) is -0.786. The lowest BCUT2D eigenvalue weighted by Gasteiger charge is -2.34. The normalized spacial score (nSPS) is 14.4. The van der Waals surface area contributed by atoms with E-state index in [-0.39, 0.29) is 18.3 Å². The number of phenolic OH excluding ortho intramolecular Hbond substituents is 2. The Hall–Kier alpha value is -4.80. The summed E-state index contributed by atoms with van der Waals surface area (Å²) in [4.78, 5) is 29.7. The first kappa shape index (κ1) is 27.8. The van der Waals surface area contributed by atoms with Crippen molar-refractivity contribution in [3.05, 3.63) is 66.2 Å². The van der Waals surface area contributed by atoms with E-state index in [2.05, 4.69) is 15.6 Å². The number of aromatic hydroxyl groups is 2. The number of carbonyl (C=O) groups is 2. The molecule has 5 rings (SSSR count). The van der Waals surface area contributed by atoms with Gasteiger partial charge >= 0.3 is 0 Å². The van der Waals surface area contributed by atoms with Crippen LogP contribution >= 0.6 is 0 Å². The molecular weight excluding hydrogens is 526 g/mol. The monoisotopic (exact) mass is 559 g/mol. The number of aromatic nitrogens is 3. The Morgan fingerprint density at radius 1 is 0.976 bits per heavy atom. The van der Waals surface area contributed by atoms with E-state index in [4.69, 9.17) is 9.47 Å². The van der Waals surface area contributed by atoms with Gasteiger partial charge in [-0.05, 0) is 42.7 Å². The number of fused-ring (bicyclic) bond motifs is 1. The lowest BCUT2D eigenvalue weighted by atomic mass is 9.94. The number of methoxy groups -OCH3 is 2. The standard InChI is InChI=1S/C30H33N5O6/c1-40-22-15-21(16-23(17-22)41-2)35(28(38)18-34-25-11-7-6-10-24(25)32-33-34)29(19-12-13-26(36)27(37)14-19)30(39)31-20-8-4-3-5-9-20/h6-7,10-17,20,29,36-37H,3-5,8-9,18H2,1-2H3,(H,31,39)/t29-/m0/s1. The number of para-hydroxylation sites is 1. The van der Waals surface area contributed by atoms with Gasteiger partial charge in [-0.25, -0.2) is 4.68 Å². The van der Waals surface area contributed by atoms with Gasteiger partial charge in [-0.2, -0.15) is 0 Å². The van der Waals surface area contributed by atoms with Crippen molar-refractivity contribution in [2.24, 2.45) is 0 Å². The topological polar surface area (TPSA) is 139 Å². The van der Waals surface area contributed by atoms with Crippen molar-refractivity contribution in [3.63, 3.8) is 0 Å². The Labute approximate surface area is 237 Å². The van der Waals surface area contributed by atoms with E-state index < -0.39 is 23.6 Å². The third-order valence-corrected chi connectivity index (χ3v) is 7.36. The minimum absolute atomic E-state index is 0.0412.